The zero-order chi connectivity index (χ0) is 13.3. The van der Waals surface area contributed by atoms with Crippen LogP contribution in [-0.2, 0) is 0 Å². The number of nitrogens with one attached hydrogen (secondary N) is 1. The first-order valence-electron chi connectivity index (χ1n) is 5.98. The maximum absolute atomic E-state index is 13.1. The van der Waals surface area contributed by atoms with Crippen LogP contribution in [0, 0.1) is 11.2 Å². The van der Waals surface area contributed by atoms with Crippen LogP contribution in [-0.4, -0.2) is 30.1 Å². The molecule has 0 unspecified atom stereocenters. The normalized spacial score (nSPS) is 12.1. The molecule has 1 aromatic heterocycles. The van der Waals surface area contributed by atoms with E-state index in [2.05, 4.69) is 23.8 Å². The van der Waals surface area contributed by atoms with Gasteiger partial charge in [-0.25, -0.2) is 9.37 Å². The first-order chi connectivity index (χ1) is 8.41. The highest BCUT2D eigenvalue weighted by molar-refractivity contribution is 5.77. The molecular formula is C13H19FN4. The average Bonchev–Trinajstić information content (AvgIpc) is 2.71. The Bertz CT molecular complexity index is 547. The molecule has 98 valence electrons. The maximum atomic E-state index is 13.1. The molecule has 0 saturated heterocycles. The van der Waals surface area contributed by atoms with E-state index in [-0.39, 0.29) is 11.2 Å². The molecule has 0 radical (unpaired) electrons. The molecule has 0 aliphatic carbocycles. The van der Waals surface area contributed by atoms with E-state index >= 15 is 0 Å². The molecule has 0 amide bonds. The number of rotatable bonds is 4. The summed E-state index contributed by atoms with van der Waals surface area (Å²) in [6.07, 6.45) is 0. The van der Waals surface area contributed by atoms with Gasteiger partial charge < -0.3 is 15.6 Å². The van der Waals surface area contributed by atoms with Crippen molar-refractivity contribution in [1.82, 2.24) is 9.97 Å². The number of hydrogen-bond donors (Lipinski definition) is 2. The Morgan fingerprint density at radius 2 is 2.17 bits per heavy atom. The van der Waals surface area contributed by atoms with Gasteiger partial charge in [-0.3, -0.25) is 0 Å². The smallest absolute Gasteiger partial charge is 0.203 e. The van der Waals surface area contributed by atoms with Gasteiger partial charge in [-0.05, 0) is 30.2 Å². The van der Waals surface area contributed by atoms with E-state index in [9.17, 15) is 4.39 Å². The molecule has 0 bridgehead atoms. The molecule has 0 aliphatic rings. The molecule has 4 nitrogen and oxygen atoms in total. The minimum Gasteiger partial charge on any atom is -0.345 e. The average molecular weight is 250 g/mol. The summed E-state index contributed by atoms with van der Waals surface area (Å²) in [6, 6.07) is 4.54. The summed E-state index contributed by atoms with van der Waals surface area (Å²) in [4.78, 5) is 9.56. The van der Waals surface area contributed by atoms with Crippen molar-refractivity contribution in [2.24, 2.45) is 11.1 Å². The van der Waals surface area contributed by atoms with Gasteiger partial charge in [-0.1, -0.05) is 13.8 Å². The fourth-order valence-corrected chi connectivity index (χ4v) is 1.93. The van der Waals surface area contributed by atoms with Crippen molar-refractivity contribution < 1.29 is 4.39 Å². The SMILES string of the molecule is CN(CC(C)(C)CN)c1nc2ccc(F)cc2[nH]1. The second kappa shape index (κ2) is 4.57. The van der Waals surface area contributed by atoms with Crippen molar-refractivity contribution >= 4 is 17.0 Å². The van der Waals surface area contributed by atoms with Crippen molar-refractivity contribution in [2.45, 2.75) is 13.8 Å². The van der Waals surface area contributed by atoms with Crippen LogP contribution < -0.4 is 10.6 Å². The number of nitrogens with two attached hydrogens (primary N) is 1. The third-order valence-corrected chi connectivity index (χ3v) is 3.01. The summed E-state index contributed by atoms with van der Waals surface area (Å²) in [5.41, 5.74) is 7.21. The van der Waals surface area contributed by atoms with Gasteiger partial charge in [-0.15, -0.1) is 0 Å². The van der Waals surface area contributed by atoms with E-state index in [4.69, 9.17) is 5.73 Å². The van der Waals surface area contributed by atoms with E-state index in [1.807, 2.05) is 11.9 Å². The Labute approximate surface area is 106 Å². The van der Waals surface area contributed by atoms with Crippen molar-refractivity contribution in [3.63, 3.8) is 0 Å². The second-order valence-corrected chi connectivity index (χ2v) is 5.45. The fourth-order valence-electron chi connectivity index (χ4n) is 1.93. The highest BCUT2D eigenvalue weighted by Crippen LogP contribution is 2.21. The molecule has 2 aromatic rings. The number of imidazole rings is 1. The molecule has 0 saturated carbocycles. The van der Waals surface area contributed by atoms with Gasteiger partial charge in [0.2, 0.25) is 5.95 Å². The zero-order valence-electron chi connectivity index (χ0n) is 11.0. The van der Waals surface area contributed by atoms with Gasteiger partial charge in [0.25, 0.3) is 0 Å². The number of nitrogens with zero attached hydrogens (tertiary/aromatic N) is 2. The largest absolute Gasteiger partial charge is 0.345 e. The Kier molecular flexibility index (Phi) is 3.26. The van der Waals surface area contributed by atoms with Gasteiger partial charge in [-0.2, -0.15) is 0 Å². The van der Waals surface area contributed by atoms with Crippen LogP contribution in [0.3, 0.4) is 0 Å². The lowest BCUT2D eigenvalue weighted by atomic mass is 9.93. The van der Waals surface area contributed by atoms with E-state index in [0.29, 0.717) is 12.1 Å². The van der Waals surface area contributed by atoms with Crippen LogP contribution in [0.4, 0.5) is 10.3 Å². The van der Waals surface area contributed by atoms with Crippen LogP contribution in [0.25, 0.3) is 11.0 Å². The van der Waals surface area contributed by atoms with Crippen molar-refractivity contribution in [3.05, 3.63) is 24.0 Å². The van der Waals surface area contributed by atoms with Crippen molar-refractivity contribution in [3.8, 4) is 0 Å². The molecular weight excluding hydrogens is 231 g/mol. The zero-order valence-corrected chi connectivity index (χ0v) is 11.0. The highest BCUT2D eigenvalue weighted by atomic mass is 19.1. The molecule has 0 fully saturated rings. The lowest BCUT2D eigenvalue weighted by Crippen LogP contribution is -2.37. The summed E-state index contributed by atoms with van der Waals surface area (Å²) in [5.74, 6) is 0.472. The fraction of sp³-hybridized carbons (Fsp3) is 0.462. The Balaban J connectivity index is 2.25. The summed E-state index contributed by atoms with van der Waals surface area (Å²) in [6.45, 7) is 5.59. The summed E-state index contributed by atoms with van der Waals surface area (Å²) in [7, 11) is 1.95. The van der Waals surface area contributed by atoms with Crippen LogP contribution in [0.1, 0.15) is 13.8 Å². The lowest BCUT2D eigenvalue weighted by molar-refractivity contribution is 0.383. The lowest BCUT2D eigenvalue weighted by Gasteiger charge is -2.28. The number of aromatic amines is 1. The summed E-state index contributed by atoms with van der Waals surface area (Å²) < 4.78 is 13.1. The Morgan fingerprint density at radius 3 is 2.83 bits per heavy atom. The third-order valence-electron chi connectivity index (χ3n) is 3.01. The molecule has 0 aliphatic heterocycles. The highest BCUT2D eigenvalue weighted by Gasteiger charge is 2.19. The Morgan fingerprint density at radius 1 is 1.44 bits per heavy atom. The summed E-state index contributed by atoms with van der Waals surface area (Å²) in [5, 5.41) is 0. The monoisotopic (exact) mass is 250 g/mol. The predicted octanol–water partition coefficient (Wildman–Crippen LogP) is 2.12. The molecule has 1 aromatic carbocycles. The number of fused-ring (bicyclic) bond motifs is 1. The Hall–Kier alpha value is -1.62. The molecule has 2 rings (SSSR count). The third kappa shape index (κ3) is 2.61. The quantitative estimate of drug-likeness (QED) is 0.874. The maximum Gasteiger partial charge on any atom is 0.203 e. The molecule has 3 N–H and O–H groups in total. The number of halogens is 1. The van der Waals surface area contributed by atoms with Gasteiger partial charge in [0.15, 0.2) is 0 Å². The van der Waals surface area contributed by atoms with Crippen molar-refractivity contribution in [1.29, 1.82) is 0 Å². The van der Waals surface area contributed by atoms with E-state index in [1.165, 1.54) is 12.1 Å². The number of benzene rings is 1. The number of anilines is 1. The standard InChI is InChI=1S/C13H19FN4/c1-13(2,7-15)8-18(3)12-16-10-5-4-9(14)6-11(10)17-12/h4-6H,7-8,15H2,1-3H3,(H,16,17). The number of hydrogen-bond acceptors (Lipinski definition) is 3. The topological polar surface area (TPSA) is 57.9 Å². The van der Waals surface area contributed by atoms with Gasteiger partial charge in [0.05, 0.1) is 11.0 Å². The van der Waals surface area contributed by atoms with Gasteiger partial charge in [0.1, 0.15) is 5.82 Å². The van der Waals surface area contributed by atoms with E-state index in [0.717, 1.165) is 18.0 Å². The molecule has 1 heterocycles. The number of aromatic nitrogens is 2. The van der Waals surface area contributed by atoms with Crippen LogP contribution in [0.5, 0.6) is 0 Å². The van der Waals surface area contributed by atoms with Crippen molar-refractivity contribution in [2.75, 3.05) is 25.0 Å². The van der Waals surface area contributed by atoms with E-state index in [1.54, 1.807) is 6.07 Å². The molecule has 18 heavy (non-hydrogen) atoms. The van der Waals surface area contributed by atoms with E-state index < -0.39 is 0 Å². The molecule has 0 atom stereocenters. The van der Waals surface area contributed by atoms with Crippen LogP contribution in [0.2, 0.25) is 0 Å². The van der Waals surface area contributed by atoms with Gasteiger partial charge >= 0.3 is 0 Å². The first-order valence-corrected chi connectivity index (χ1v) is 5.98. The minimum absolute atomic E-state index is 0.0129. The molecule has 0 spiro atoms. The summed E-state index contributed by atoms with van der Waals surface area (Å²) >= 11 is 0. The second-order valence-electron chi connectivity index (χ2n) is 5.45. The van der Waals surface area contributed by atoms with Crippen LogP contribution in [0.15, 0.2) is 18.2 Å². The number of H-pyrrole nitrogens is 1. The first kappa shape index (κ1) is 12.8. The predicted molar refractivity (Wildman–Crippen MR) is 72.2 cm³/mol. The molecule has 5 heteroatoms. The van der Waals surface area contributed by atoms with Gasteiger partial charge in [0, 0.05) is 13.6 Å². The minimum atomic E-state index is -0.261. The van der Waals surface area contributed by atoms with Crippen LogP contribution >= 0.6 is 0 Å².